The molecular formula is C19H21NO3. The highest BCUT2D eigenvalue weighted by Gasteiger charge is 2.08. The second-order valence-electron chi connectivity index (χ2n) is 5.46. The zero-order chi connectivity index (χ0) is 16.2. The molecule has 0 saturated heterocycles. The minimum atomic E-state index is -0.00320. The van der Waals surface area contributed by atoms with Crippen LogP contribution < -0.4 is 10.2 Å². The zero-order valence-electron chi connectivity index (χ0n) is 13.5. The summed E-state index contributed by atoms with van der Waals surface area (Å²) in [7, 11) is 0. The van der Waals surface area contributed by atoms with E-state index in [4.69, 9.17) is 9.15 Å². The highest BCUT2D eigenvalue weighted by Crippen LogP contribution is 2.22. The van der Waals surface area contributed by atoms with Gasteiger partial charge in [0.25, 0.3) is 0 Å². The van der Waals surface area contributed by atoms with E-state index in [-0.39, 0.29) is 5.43 Å². The summed E-state index contributed by atoms with van der Waals surface area (Å²) in [6, 6.07) is 12.7. The molecule has 0 atom stereocenters. The molecule has 2 aromatic carbocycles. The fourth-order valence-electron chi connectivity index (χ4n) is 2.70. The first kappa shape index (κ1) is 15.6. The van der Waals surface area contributed by atoms with Crippen LogP contribution in [0.5, 0.6) is 5.75 Å². The van der Waals surface area contributed by atoms with Crippen molar-refractivity contribution >= 4 is 21.9 Å². The van der Waals surface area contributed by atoms with Crippen LogP contribution in [0.4, 0.5) is 0 Å². The van der Waals surface area contributed by atoms with E-state index in [0.717, 1.165) is 25.4 Å². The van der Waals surface area contributed by atoms with Crippen molar-refractivity contribution in [2.75, 3.05) is 26.2 Å². The highest BCUT2D eigenvalue weighted by atomic mass is 16.5. The third kappa shape index (κ3) is 3.22. The van der Waals surface area contributed by atoms with E-state index < -0.39 is 0 Å². The zero-order valence-corrected chi connectivity index (χ0v) is 13.5. The van der Waals surface area contributed by atoms with Crippen LogP contribution in [0.2, 0.25) is 0 Å². The van der Waals surface area contributed by atoms with Gasteiger partial charge in [-0.15, -0.1) is 0 Å². The number of benzene rings is 2. The average Bonchev–Trinajstić information content (AvgIpc) is 2.59. The van der Waals surface area contributed by atoms with Gasteiger partial charge >= 0.3 is 0 Å². The Bertz CT molecular complexity index is 865. The molecule has 0 aliphatic heterocycles. The van der Waals surface area contributed by atoms with Gasteiger partial charge in [0, 0.05) is 12.6 Å². The van der Waals surface area contributed by atoms with E-state index in [9.17, 15) is 4.79 Å². The van der Waals surface area contributed by atoms with Crippen LogP contribution in [0.25, 0.3) is 21.9 Å². The maximum atomic E-state index is 12.5. The van der Waals surface area contributed by atoms with Crippen molar-refractivity contribution in [3.05, 3.63) is 52.7 Å². The molecule has 0 radical (unpaired) electrons. The molecule has 4 nitrogen and oxygen atoms in total. The Labute approximate surface area is 135 Å². The Morgan fingerprint density at radius 3 is 2.52 bits per heavy atom. The number of ether oxygens (including phenoxy) is 1. The number of nitrogens with zero attached hydrogens (tertiary/aromatic N) is 1. The second kappa shape index (κ2) is 6.84. The minimum Gasteiger partial charge on any atom is -0.492 e. The first-order chi connectivity index (χ1) is 11.2. The number of hydrogen-bond donors (Lipinski definition) is 0. The lowest BCUT2D eigenvalue weighted by Gasteiger charge is -2.18. The summed E-state index contributed by atoms with van der Waals surface area (Å²) in [6.45, 7) is 7.80. The van der Waals surface area contributed by atoms with Gasteiger partial charge in [0.2, 0.25) is 5.43 Å². The number of para-hydroxylation sites is 1. The first-order valence-electron chi connectivity index (χ1n) is 8.03. The van der Waals surface area contributed by atoms with Crippen molar-refractivity contribution in [3.8, 4) is 5.75 Å². The highest BCUT2D eigenvalue weighted by molar-refractivity contribution is 5.90. The van der Waals surface area contributed by atoms with E-state index in [1.165, 1.54) is 0 Å². The van der Waals surface area contributed by atoms with E-state index in [0.29, 0.717) is 28.5 Å². The second-order valence-corrected chi connectivity index (χ2v) is 5.46. The van der Waals surface area contributed by atoms with Crippen LogP contribution in [0.15, 0.2) is 51.7 Å². The fraction of sp³-hybridized carbons (Fsp3) is 0.316. The minimum absolute atomic E-state index is 0.00320. The van der Waals surface area contributed by atoms with E-state index >= 15 is 0 Å². The molecule has 0 bridgehead atoms. The van der Waals surface area contributed by atoms with Gasteiger partial charge < -0.3 is 14.1 Å². The van der Waals surface area contributed by atoms with E-state index in [1.54, 1.807) is 18.2 Å². The largest absolute Gasteiger partial charge is 0.492 e. The fourth-order valence-corrected chi connectivity index (χ4v) is 2.70. The lowest BCUT2D eigenvalue weighted by atomic mass is 10.1. The summed E-state index contributed by atoms with van der Waals surface area (Å²) < 4.78 is 11.6. The summed E-state index contributed by atoms with van der Waals surface area (Å²) in [5, 5.41) is 1.19. The number of hydrogen-bond acceptors (Lipinski definition) is 4. The van der Waals surface area contributed by atoms with Gasteiger partial charge in [0.05, 0.1) is 10.8 Å². The van der Waals surface area contributed by atoms with Crippen molar-refractivity contribution in [2.24, 2.45) is 0 Å². The summed E-state index contributed by atoms with van der Waals surface area (Å²) in [5.74, 6) is 0.725. The molecule has 0 unspecified atom stereocenters. The van der Waals surface area contributed by atoms with Crippen LogP contribution in [0, 0.1) is 0 Å². The number of fused-ring (bicyclic) bond motifs is 2. The summed E-state index contributed by atoms with van der Waals surface area (Å²) in [4.78, 5) is 14.8. The molecule has 0 N–H and O–H groups in total. The maximum absolute atomic E-state index is 12.5. The van der Waals surface area contributed by atoms with Crippen LogP contribution >= 0.6 is 0 Å². The quantitative estimate of drug-likeness (QED) is 0.652. The summed E-state index contributed by atoms with van der Waals surface area (Å²) in [5.41, 5.74) is 1.16. The molecule has 0 saturated carbocycles. The molecule has 1 aromatic heterocycles. The van der Waals surface area contributed by atoms with Gasteiger partial charge in [-0.2, -0.15) is 0 Å². The van der Waals surface area contributed by atoms with Crippen LogP contribution in [-0.2, 0) is 0 Å². The van der Waals surface area contributed by atoms with E-state index in [1.807, 2.05) is 24.3 Å². The molecule has 23 heavy (non-hydrogen) atoms. The third-order valence-electron chi connectivity index (χ3n) is 4.12. The standard InChI is InChI=1S/C19H21NO3/c1-3-20(4-2)11-12-22-14-9-10-16-18(13-14)23-17-8-6-5-7-15(17)19(16)21/h5-10,13H,3-4,11-12H2,1-2H3. The van der Waals surface area contributed by atoms with Crippen LogP contribution in [0.1, 0.15) is 13.8 Å². The van der Waals surface area contributed by atoms with Gasteiger partial charge in [-0.25, -0.2) is 0 Å². The molecule has 0 aliphatic carbocycles. The normalized spacial score (nSPS) is 11.4. The smallest absolute Gasteiger partial charge is 0.200 e. The molecule has 0 amide bonds. The van der Waals surface area contributed by atoms with Crippen molar-refractivity contribution < 1.29 is 9.15 Å². The molecule has 3 rings (SSSR count). The predicted octanol–water partition coefficient (Wildman–Crippen LogP) is 3.67. The molecular weight excluding hydrogens is 290 g/mol. The maximum Gasteiger partial charge on any atom is 0.200 e. The van der Waals surface area contributed by atoms with Crippen molar-refractivity contribution in [2.45, 2.75) is 13.8 Å². The molecule has 0 fully saturated rings. The summed E-state index contributed by atoms with van der Waals surface area (Å²) in [6.07, 6.45) is 0. The lowest BCUT2D eigenvalue weighted by molar-refractivity contribution is 0.223. The molecule has 0 spiro atoms. The Balaban J connectivity index is 1.87. The Kier molecular flexibility index (Phi) is 4.63. The third-order valence-corrected chi connectivity index (χ3v) is 4.12. The molecule has 4 heteroatoms. The van der Waals surface area contributed by atoms with Gasteiger partial charge in [-0.1, -0.05) is 26.0 Å². The molecule has 3 aromatic rings. The first-order valence-corrected chi connectivity index (χ1v) is 8.03. The monoisotopic (exact) mass is 311 g/mol. The van der Waals surface area contributed by atoms with Crippen molar-refractivity contribution in [1.29, 1.82) is 0 Å². The number of likely N-dealkylation sites (N-methyl/N-ethyl adjacent to an activating group) is 1. The van der Waals surface area contributed by atoms with Crippen molar-refractivity contribution in [1.82, 2.24) is 4.90 Å². The van der Waals surface area contributed by atoms with Crippen LogP contribution in [0.3, 0.4) is 0 Å². The summed E-state index contributed by atoms with van der Waals surface area (Å²) >= 11 is 0. The topological polar surface area (TPSA) is 42.7 Å². The van der Waals surface area contributed by atoms with Gasteiger partial charge in [-0.05, 0) is 37.4 Å². The van der Waals surface area contributed by atoms with Crippen LogP contribution in [-0.4, -0.2) is 31.1 Å². The van der Waals surface area contributed by atoms with Crippen molar-refractivity contribution in [3.63, 3.8) is 0 Å². The lowest BCUT2D eigenvalue weighted by Crippen LogP contribution is -2.27. The SMILES string of the molecule is CCN(CC)CCOc1ccc2c(=O)c3ccccc3oc2c1. The molecule has 0 aliphatic rings. The van der Waals surface area contributed by atoms with Gasteiger partial charge in [0.1, 0.15) is 23.5 Å². The average molecular weight is 311 g/mol. The van der Waals surface area contributed by atoms with Gasteiger partial charge in [0.15, 0.2) is 0 Å². The number of rotatable bonds is 6. The Hall–Kier alpha value is -2.33. The van der Waals surface area contributed by atoms with Gasteiger partial charge in [-0.3, -0.25) is 4.79 Å². The molecule has 1 heterocycles. The molecule has 120 valence electrons. The predicted molar refractivity (Wildman–Crippen MR) is 93.3 cm³/mol. The Morgan fingerprint density at radius 2 is 1.74 bits per heavy atom. The van der Waals surface area contributed by atoms with E-state index in [2.05, 4.69) is 18.7 Å². The Morgan fingerprint density at radius 1 is 1.00 bits per heavy atom.